The molecule has 0 aromatic heterocycles. The summed E-state index contributed by atoms with van der Waals surface area (Å²) in [5.41, 5.74) is 0.346. The van der Waals surface area contributed by atoms with Gasteiger partial charge in [0.25, 0.3) is 0 Å². The Labute approximate surface area is 267 Å². The number of fused-ring (bicyclic) bond motifs is 1. The number of urea groups is 1. The van der Waals surface area contributed by atoms with Crippen LogP contribution in [0.1, 0.15) is 84.1 Å². The number of para-hydroxylation sites is 1. The Morgan fingerprint density at radius 1 is 0.911 bits per heavy atom. The van der Waals surface area contributed by atoms with Gasteiger partial charge in [-0.2, -0.15) is 0 Å². The summed E-state index contributed by atoms with van der Waals surface area (Å²) in [5.74, 6) is -0.0838. The molecule has 6 rings (SSSR count). The number of likely N-dealkylation sites (tertiary alicyclic amines) is 3. The Hall–Kier alpha value is -3.34. The second-order valence-corrected chi connectivity index (χ2v) is 14.7. The first-order valence-corrected chi connectivity index (χ1v) is 17.0. The fraction of sp³-hybridized carbons (Fsp3) is 0.706. The largest absolute Gasteiger partial charge is 0.444 e. The Balaban J connectivity index is 1.08. The minimum atomic E-state index is -0.945. The predicted octanol–water partition coefficient (Wildman–Crippen LogP) is 4.18. The maximum atomic E-state index is 14.2. The molecule has 4 heterocycles. The Morgan fingerprint density at radius 3 is 2.24 bits per heavy atom. The number of hydrogen-bond donors (Lipinski definition) is 2. The van der Waals surface area contributed by atoms with Crippen LogP contribution in [-0.2, 0) is 20.9 Å². The molecule has 4 aliphatic heterocycles. The number of carbonyl (C=O) groups excluding carboxylic acids is 4. The van der Waals surface area contributed by atoms with Gasteiger partial charge in [-0.05, 0) is 90.4 Å². The first kappa shape index (κ1) is 31.6. The molecule has 3 saturated heterocycles. The van der Waals surface area contributed by atoms with Crippen LogP contribution in [0.3, 0.4) is 0 Å². The number of hydrogen-bond acceptors (Lipinski definition) is 6. The zero-order valence-corrected chi connectivity index (χ0v) is 27.2. The molecule has 45 heavy (non-hydrogen) atoms. The van der Waals surface area contributed by atoms with Gasteiger partial charge in [0, 0.05) is 63.0 Å². The van der Waals surface area contributed by atoms with Gasteiger partial charge < -0.3 is 35.0 Å². The number of carbonyl (C=O) groups is 4. The van der Waals surface area contributed by atoms with E-state index in [4.69, 9.17) is 4.74 Å². The van der Waals surface area contributed by atoms with Crippen LogP contribution < -0.4 is 10.6 Å². The van der Waals surface area contributed by atoms with Crippen LogP contribution in [-0.4, -0.2) is 107 Å². The van der Waals surface area contributed by atoms with Crippen LogP contribution in [0.25, 0.3) is 0 Å². The second kappa shape index (κ2) is 12.8. The lowest BCUT2D eigenvalue weighted by molar-refractivity contribution is -0.145. The van der Waals surface area contributed by atoms with Crippen LogP contribution in [0.4, 0.5) is 15.3 Å². The summed E-state index contributed by atoms with van der Waals surface area (Å²) < 4.78 is 5.50. The highest BCUT2D eigenvalue weighted by atomic mass is 16.6. The molecule has 1 aliphatic carbocycles. The summed E-state index contributed by atoms with van der Waals surface area (Å²) in [4.78, 5) is 61.7. The van der Waals surface area contributed by atoms with E-state index >= 15 is 0 Å². The Bertz CT molecular complexity index is 1280. The quantitative estimate of drug-likeness (QED) is 0.492. The van der Waals surface area contributed by atoms with Crippen LogP contribution in [0.15, 0.2) is 24.3 Å². The average molecular weight is 623 g/mol. The number of amides is 5. The minimum Gasteiger partial charge on any atom is -0.444 e. The second-order valence-electron chi connectivity index (χ2n) is 14.7. The normalized spacial score (nSPS) is 26.6. The van der Waals surface area contributed by atoms with E-state index in [2.05, 4.69) is 15.5 Å². The van der Waals surface area contributed by atoms with Gasteiger partial charge in [0.05, 0.1) is 5.41 Å². The van der Waals surface area contributed by atoms with Crippen LogP contribution in [0.5, 0.6) is 0 Å². The topological polar surface area (TPSA) is 115 Å². The summed E-state index contributed by atoms with van der Waals surface area (Å²) in [6.07, 6.45) is 7.02. The lowest BCUT2D eigenvalue weighted by atomic mass is 9.94. The number of ether oxygens (including phenoxy) is 1. The molecule has 0 bridgehead atoms. The molecule has 246 valence electrons. The molecular formula is C34H50N6O5. The molecule has 0 radical (unpaired) electrons. The highest BCUT2D eigenvalue weighted by Gasteiger charge is 2.63. The highest BCUT2D eigenvalue weighted by Crippen LogP contribution is 2.51. The van der Waals surface area contributed by atoms with E-state index in [0.29, 0.717) is 58.0 Å². The third-order valence-electron chi connectivity index (χ3n) is 10.4. The average Bonchev–Trinajstić information content (AvgIpc) is 3.71. The molecule has 2 unspecified atom stereocenters. The van der Waals surface area contributed by atoms with E-state index in [1.54, 1.807) is 0 Å². The van der Waals surface area contributed by atoms with Crippen LogP contribution in [0, 0.1) is 5.41 Å². The standard InChI is InChI=1S/C34H50N6O5/c1-33(2,3)45-32(44)36-28-21-34(28,30(42)39-19-11-25(12-20-39)37-15-7-4-8-16-37)22-29(41)38-17-13-26(14-18-38)40-23-24-9-5-6-10-27(24)35-31(40)43/h5-6,9-10,25-26,28H,4,7-8,11-23H2,1-3H3,(H,35,43)(H,36,44). The van der Waals surface area contributed by atoms with Crippen molar-refractivity contribution in [1.82, 2.24) is 24.9 Å². The van der Waals surface area contributed by atoms with E-state index < -0.39 is 23.2 Å². The van der Waals surface area contributed by atoms with Gasteiger partial charge in [0.1, 0.15) is 5.60 Å². The van der Waals surface area contributed by atoms with E-state index in [1.807, 2.05) is 59.7 Å². The number of rotatable bonds is 6. The molecule has 1 aromatic rings. The van der Waals surface area contributed by atoms with Crippen molar-refractivity contribution in [3.8, 4) is 0 Å². The zero-order valence-electron chi connectivity index (χ0n) is 27.2. The molecule has 4 fully saturated rings. The molecule has 5 aliphatic rings. The van der Waals surface area contributed by atoms with Crippen molar-refractivity contribution in [2.45, 2.75) is 109 Å². The fourth-order valence-electron chi connectivity index (χ4n) is 7.81. The van der Waals surface area contributed by atoms with Crippen molar-refractivity contribution >= 4 is 29.6 Å². The van der Waals surface area contributed by atoms with Crippen molar-refractivity contribution in [2.24, 2.45) is 5.41 Å². The van der Waals surface area contributed by atoms with Gasteiger partial charge in [-0.1, -0.05) is 24.6 Å². The Kier molecular flexibility index (Phi) is 9.00. The fourth-order valence-corrected chi connectivity index (χ4v) is 7.81. The molecule has 2 atom stereocenters. The lowest BCUT2D eigenvalue weighted by Crippen LogP contribution is -2.53. The highest BCUT2D eigenvalue weighted by molar-refractivity contribution is 5.94. The molecule has 1 aromatic carbocycles. The summed E-state index contributed by atoms with van der Waals surface area (Å²) in [6.45, 7) is 10.7. The zero-order chi connectivity index (χ0) is 31.8. The van der Waals surface area contributed by atoms with E-state index in [-0.39, 0.29) is 30.3 Å². The van der Waals surface area contributed by atoms with Gasteiger partial charge in [-0.25, -0.2) is 9.59 Å². The van der Waals surface area contributed by atoms with Gasteiger partial charge >= 0.3 is 12.1 Å². The number of piperidine rings is 3. The van der Waals surface area contributed by atoms with Gasteiger partial charge in [-0.3, -0.25) is 9.59 Å². The molecule has 2 N–H and O–H groups in total. The van der Waals surface area contributed by atoms with E-state index in [9.17, 15) is 19.2 Å². The summed E-state index contributed by atoms with van der Waals surface area (Å²) in [5, 5.41) is 5.91. The SMILES string of the molecule is CC(C)(C)OC(=O)NC1CC1(CC(=O)N1CCC(N2Cc3ccccc3NC2=O)CC1)C(=O)N1CCC(N2CCCCC2)CC1. The molecular weight excluding hydrogens is 572 g/mol. The summed E-state index contributed by atoms with van der Waals surface area (Å²) >= 11 is 0. The number of anilines is 1. The number of alkyl carbamates (subject to hydrolysis) is 1. The van der Waals surface area contributed by atoms with Gasteiger partial charge in [0.15, 0.2) is 0 Å². The summed E-state index contributed by atoms with van der Waals surface area (Å²) in [7, 11) is 0. The third-order valence-corrected chi connectivity index (χ3v) is 10.4. The maximum absolute atomic E-state index is 14.2. The monoisotopic (exact) mass is 622 g/mol. The predicted molar refractivity (Wildman–Crippen MR) is 170 cm³/mol. The Morgan fingerprint density at radius 2 is 1.56 bits per heavy atom. The van der Waals surface area contributed by atoms with Crippen molar-refractivity contribution in [3.63, 3.8) is 0 Å². The van der Waals surface area contributed by atoms with Crippen LogP contribution in [0.2, 0.25) is 0 Å². The van der Waals surface area contributed by atoms with E-state index in [0.717, 1.165) is 37.2 Å². The van der Waals surface area contributed by atoms with Crippen LogP contribution >= 0.6 is 0 Å². The molecule has 11 heteroatoms. The molecule has 0 spiro atoms. The van der Waals surface area contributed by atoms with Gasteiger partial charge in [0.2, 0.25) is 11.8 Å². The third kappa shape index (κ3) is 7.08. The van der Waals surface area contributed by atoms with E-state index in [1.165, 1.54) is 19.3 Å². The number of nitrogens with zero attached hydrogens (tertiary/aromatic N) is 4. The number of benzene rings is 1. The smallest absolute Gasteiger partial charge is 0.407 e. The minimum absolute atomic E-state index is 0.0208. The van der Waals surface area contributed by atoms with Crippen molar-refractivity contribution in [2.75, 3.05) is 44.6 Å². The summed E-state index contributed by atoms with van der Waals surface area (Å²) in [6, 6.07) is 7.88. The van der Waals surface area contributed by atoms with Crippen molar-refractivity contribution < 1.29 is 23.9 Å². The van der Waals surface area contributed by atoms with Crippen molar-refractivity contribution in [3.05, 3.63) is 29.8 Å². The molecule has 1 saturated carbocycles. The number of nitrogens with one attached hydrogen (secondary N) is 2. The molecule has 11 nitrogen and oxygen atoms in total. The van der Waals surface area contributed by atoms with Gasteiger partial charge in [-0.15, -0.1) is 0 Å². The lowest BCUT2D eigenvalue weighted by Gasteiger charge is -2.42. The molecule has 5 amide bonds. The first-order chi connectivity index (χ1) is 21.5. The van der Waals surface area contributed by atoms with Crippen molar-refractivity contribution in [1.29, 1.82) is 0 Å². The first-order valence-electron chi connectivity index (χ1n) is 17.0. The maximum Gasteiger partial charge on any atom is 0.407 e.